The number of ether oxygens (including phenoxy) is 2. The van der Waals surface area contributed by atoms with Gasteiger partial charge in [0, 0.05) is 13.2 Å². The topological polar surface area (TPSA) is 30.5 Å². The van der Waals surface area contributed by atoms with E-state index < -0.39 is 0 Å². The molecule has 1 N–H and O–H groups in total. The van der Waals surface area contributed by atoms with Gasteiger partial charge in [-0.25, -0.2) is 0 Å². The van der Waals surface area contributed by atoms with Crippen LogP contribution in [0.5, 0.6) is 0 Å². The summed E-state index contributed by atoms with van der Waals surface area (Å²) in [6.45, 7) is 6.35. The van der Waals surface area contributed by atoms with E-state index in [1.54, 1.807) is 0 Å². The third-order valence-corrected chi connectivity index (χ3v) is 1.80. The zero-order valence-electron chi connectivity index (χ0n) is 7.54. The highest BCUT2D eigenvalue weighted by molar-refractivity contribution is 5.85. The number of halogens is 1. The minimum Gasteiger partial charge on any atom is -0.379 e. The SMILES string of the molecule is CCOCCO[C@H]1CCNC1.Cl. The molecule has 0 bridgehead atoms. The maximum Gasteiger partial charge on any atom is 0.0712 e. The Bertz CT molecular complexity index is 97.1. The molecular weight excluding hydrogens is 178 g/mol. The highest BCUT2D eigenvalue weighted by Crippen LogP contribution is 2.01. The van der Waals surface area contributed by atoms with Gasteiger partial charge in [-0.05, 0) is 19.9 Å². The van der Waals surface area contributed by atoms with Crippen LogP contribution in [0.15, 0.2) is 0 Å². The average Bonchev–Trinajstić information content (AvgIpc) is 2.50. The van der Waals surface area contributed by atoms with Crippen molar-refractivity contribution in [3.8, 4) is 0 Å². The van der Waals surface area contributed by atoms with Gasteiger partial charge in [0.15, 0.2) is 0 Å². The molecule has 1 rings (SSSR count). The molecule has 0 aromatic heterocycles. The fraction of sp³-hybridized carbons (Fsp3) is 1.00. The third kappa shape index (κ3) is 4.93. The molecule has 4 heteroatoms. The quantitative estimate of drug-likeness (QED) is 0.660. The van der Waals surface area contributed by atoms with Crippen molar-refractivity contribution in [1.29, 1.82) is 0 Å². The van der Waals surface area contributed by atoms with Crippen LogP contribution in [0.2, 0.25) is 0 Å². The second-order valence-electron chi connectivity index (χ2n) is 2.68. The molecular formula is C8H18ClNO2. The number of hydrogen-bond acceptors (Lipinski definition) is 3. The second kappa shape index (κ2) is 7.80. The van der Waals surface area contributed by atoms with E-state index in [0.29, 0.717) is 6.10 Å². The first kappa shape index (κ1) is 12.2. The highest BCUT2D eigenvalue weighted by Gasteiger charge is 2.13. The molecule has 1 aliphatic rings. The largest absolute Gasteiger partial charge is 0.379 e. The smallest absolute Gasteiger partial charge is 0.0712 e. The molecule has 1 heterocycles. The van der Waals surface area contributed by atoms with Crippen LogP contribution in [0.1, 0.15) is 13.3 Å². The van der Waals surface area contributed by atoms with Gasteiger partial charge in [0.05, 0.1) is 19.3 Å². The van der Waals surface area contributed by atoms with E-state index in [0.717, 1.165) is 39.3 Å². The summed E-state index contributed by atoms with van der Waals surface area (Å²) in [5.74, 6) is 0. The number of hydrogen-bond donors (Lipinski definition) is 1. The van der Waals surface area contributed by atoms with E-state index in [4.69, 9.17) is 9.47 Å². The normalized spacial score (nSPS) is 22.2. The molecule has 1 aliphatic heterocycles. The molecule has 0 unspecified atom stereocenters. The Morgan fingerprint density at radius 2 is 2.25 bits per heavy atom. The molecule has 74 valence electrons. The molecule has 12 heavy (non-hydrogen) atoms. The molecule has 3 nitrogen and oxygen atoms in total. The third-order valence-electron chi connectivity index (χ3n) is 1.80. The summed E-state index contributed by atoms with van der Waals surface area (Å²) in [4.78, 5) is 0. The molecule has 0 aromatic rings. The molecule has 1 saturated heterocycles. The van der Waals surface area contributed by atoms with Gasteiger partial charge in [0.2, 0.25) is 0 Å². The van der Waals surface area contributed by atoms with Crippen molar-refractivity contribution >= 4 is 12.4 Å². The van der Waals surface area contributed by atoms with Gasteiger partial charge in [-0.2, -0.15) is 0 Å². The summed E-state index contributed by atoms with van der Waals surface area (Å²) in [5, 5.41) is 3.25. The Hall–Kier alpha value is 0.170. The van der Waals surface area contributed by atoms with Gasteiger partial charge in [0.25, 0.3) is 0 Å². The van der Waals surface area contributed by atoms with Crippen molar-refractivity contribution in [2.24, 2.45) is 0 Å². The average molecular weight is 196 g/mol. The maximum absolute atomic E-state index is 5.52. The van der Waals surface area contributed by atoms with Gasteiger partial charge >= 0.3 is 0 Å². The zero-order valence-corrected chi connectivity index (χ0v) is 8.36. The Balaban J connectivity index is 0.00000121. The fourth-order valence-corrected chi connectivity index (χ4v) is 1.19. The predicted octanol–water partition coefficient (Wildman–Crippen LogP) is 0.823. The monoisotopic (exact) mass is 195 g/mol. The zero-order chi connectivity index (χ0) is 7.94. The summed E-state index contributed by atoms with van der Waals surface area (Å²) in [5.41, 5.74) is 0. The van der Waals surface area contributed by atoms with Crippen LogP contribution in [0, 0.1) is 0 Å². The molecule has 1 atom stereocenters. The summed E-state index contributed by atoms with van der Waals surface area (Å²) in [6, 6.07) is 0. The lowest BCUT2D eigenvalue weighted by Crippen LogP contribution is -2.19. The van der Waals surface area contributed by atoms with Crippen LogP contribution in [-0.4, -0.2) is 39.0 Å². The molecule has 0 aliphatic carbocycles. The molecule has 0 spiro atoms. The predicted molar refractivity (Wildman–Crippen MR) is 51.0 cm³/mol. The minimum atomic E-state index is 0. The van der Waals surface area contributed by atoms with Gasteiger partial charge in [0.1, 0.15) is 0 Å². The van der Waals surface area contributed by atoms with E-state index >= 15 is 0 Å². The maximum atomic E-state index is 5.52. The first-order chi connectivity index (χ1) is 5.43. The Labute approximate surface area is 80.2 Å². The molecule has 0 saturated carbocycles. The van der Waals surface area contributed by atoms with Crippen molar-refractivity contribution in [1.82, 2.24) is 5.32 Å². The Morgan fingerprint density at radius 3 is 2.83 bits per heavy atom. The van der Waals surface area contributed by atoms with Crippen LogP contribution in [-0.2, 0) is 9.47 Å². The van der Waals surface area contributed by atoms with Gasteiger partial charge in [-0.1, -0.05) is 0 Å². The summed E-state index contributed by atoms with van der Waals surface area (Å²) < 4.78 is 10.7. The highest BCUT2D eigenvalue weighted by atomic mass is 35.5. The van der Waals surface area contributed by atoms with Crippen LogP contribution in [0.25, 0.3) is 0 Å². The van der Waals surface area contributed by atoms with E-state index in [2.05, 4.69) is 5.32 Å². The lowest BCUT2D eigenvalue weighted by Gasteiger charge is -2.09. The van der Waals surface area contributed by atoms with Gasteiger partial charge in [-0.3, -0.25) is 0 Å². The standard InChI is InChI=1S/C8H17NO2.ClH/c1-2-10-5-6-11-8-3-4-9-7-8;/h8-9H,2-7H2,1H3;1H/t8-;/m0./s1. The molecule has 0 radical (unpaired) electrons. The van der Waals surface area contributed by atoms with Gasteiger partial charge in [-0.15, -0.1) is 12.4 Å². The number of nitrogens with one attached hydrogen (secondary N) is 1. The summed E-state index contributed by atoms with van der Waals surface area (Å²) >= 11 is 0. The van der Waals surface area contributed by atoms with Crippen molar-refractivity contribution in [3.63, 3.8) is 0 Å². The number of rotatable bonds is 5. The van der Waals surface area contributed by atoms with Crippen molar-refractivity contribution < 1.29 is 9.47 Å². The second-order valence-corrected chi connectivity index (χ2v) is 2.68. The van der Waals surface area contributed by atoms with Crippen LogP contribution >= 0.6 is 12.4 Å². The Morgan fingerprint density at radius 1 is 1.42 bits per heavy atom. The van der Waals surface area contributed by atoms with Crippen LogP contribution in [0.3, 0.4) is 0 Å². The van der Waals surface area contributed by atoms with Crippen molar-refractivity contribution in [2.45, 2.75) is 19.4 Å². The van der Waals surface area contributed by atoms with Crippen LogP contribution < -0.4 is 5.32 Å². The van der Waals surface area contributed by atoms with E-state index in [1.807, 2.05) is 6.92 Å². The molecule has 1 fully saturated rings. The molecule has 0 aromatic carbocycles. The first-order valence-electron chi connectivity index (χ1n) is 4.33. The van der Waals surface area contributed by atoms with E-state index in [-0.39, 0.29) is 12.4 Å². The minimum absolute atomic E-state index is 0. The Kier molecular flexibility index (Phi) is 7.91. The first-order valence-corrected chi connectivity index (χ1v) is 4.33. The van der Waals surface area contributed by atoms with Gasteiger partial charge < -0.3 is 14.8 Å². The molecule has 0 amide bonds. The van der Waals surface area contributed by atoms with Crippen molar-refractivity contribution in [3.05, 3.63) is 0 Å². The van der Waals surface area contributed by atoms with Crippen molar-refractivity contribution in [2.75, 3.05) is 32.9 Å². The van der Waals surface area contributed by atoms with E-state index in [9.17, 15) is 0 Å². The van der Waals surface area contributed by atoms with Crippen LogP contribution in [0.4, 0.5) is 0 Å². The summed E-state index contributed by atoms with van der Waals surface area (Å²) in [6.07, 6.45) is 1.57. The fourth-order valence-electron chi connectivity index (χ4n) is 1.19. The lowest BCUT2D eigenvalue weighted by atomic mass is 10.3. The summed E-state index contributed by atoms with van der Waals surface area (Å²) in [7, 11) is 0. The van der Waals surface area contributed by atoms with E-state index in [1.165, 1.54) is 0 Å². The lowest BCUT2D eigenvalue weighted by molar-refractivity contribution is 0.0162.